The summed E-state index contributed by atoms with van der Waals surface area (Å²) in [6, 6.07) is 0. The maximum absolute atomic E-state index is 12.8. The predicted molar refractivity (Wildman–Crippen MR) is 302 cm³/mol. The fraction of sp³-hybridized carbons (Fsp3) is 0.641. The molecule has 0 amide bonds. The second-order valence-electron chi connectivity index (χ2n) is 18.5. The van der Waals surface area contributed by atoms with Crippen molar-refractivity contribution in [2.75, 3.05) is 13.2 Å². The topological polar surface area (TPSA) is 78.9 Å². The number of allylic oxidation sites excluding steroid dienone is 20. The van der Waals surface area contributed by atoms with Crippen LogP contribution >= 0.6 is 0 Å². The summed E-state index contributed by atoms with van der Waals surface area (Å²) in [5, 5.41) is 0. The molecule has 0 N–H and O–H groups in total. The van der Waals surface area contributed by atoms with E-state index < -0.39 is 6.10 Å². The third-order valence-corrected chi connectivity index (χ3v) is 11.7. The van der Waals surface area contributed by atoms with Gasteiger partial charge in [0, 0.05) is 19.3 Å². The van der Waals surface area contributed by atoms with Gasteiger partial charge in [-0.1, -0.05) is 226 Å². The van der Waals surface area contributed by atoms with Crippen LogP contribution in [-0.2, 0) is 28.6 Å². The second-order valence-corrected chi connectivity index (χ2v) is 18.5. The lowest BCUT2D eigenvalue weighted by Crippen LogP contribution is -2.30. The Balaban J connectivity index is 4.58. The highest BCUT2D eigenvalue weighted by Gasteiger charge is 2.19. The molecule has 0 spiro atoms. The molecule has 0 bridgehead atoms. The number of hydrogen-bond acceptors (Lipinski definition) is 6. The minimum absolute atomic E-state index is 0.125. The van der Waals surface area contributed by atoms with Gasteiger partial charge in [0.05, 0.1) is 0 Å². The van der Waals surface area contributed by atoms with Gasteiger partial charge in [-0.2, -0.15) is 0 Å². The summed E-state index contributed by atoms with van der Waals surface area (Å²) in [4.78, 5) is 38.1. The average molecular weight is 970 g/mol. The van der Waals surface area contributed by atoms with Crippen molar-refractivity contribution in [1.29, 1.82) is 0 Å². The Hall–Kier alpha value is -4.19. The van der Waals surface area contributed by atoms with Crippen molar-refractivity contribution in [3.05, 3.63) is 122 Å². The van der Waals surface area contributed by atoms with Crippen molar-refractivity contribution >= 4 is 17.9 Å². The minimum atomic E-state index is -0.837. The summed E-state index contributed by atoms with van der Waals surface area (Å²) in [6.45, 7) is 6.39. The first-order valence-electron chi connectivity index (χ1n) is 28.5. The number of hydrogen-bond donors (Lipinski definition) is 0. The van der Waals surface area contributed by atoms with Gasteiger partial charge < -0.3 is 14.2 Å². The van der Waals surface area contributed by atoms with Crippen LogP contribution in [0.15, 0.2) is 122 Å². The van der Waals surface area contributed by atoms with E-state index in [4.69, 9.17) is 14.2 Å². The van der Waals surface area contributed by atoms with Gasteiger partial charge in [-0.05, 0) is 122 Å². The minimum Gasteiger partial charge on any atom is -0.462 e. The van der Waals surface area contributed by atoms with E-state index in [1.807, 2.05) is 0 Å². The Morgan fingerprint density at radius 3 is 0.971 bits per heavy atom. The zero-order valence-corrected chi connectivity index (χ0v) is 45.2. The van der Waals surface area contributed by atoms with E-state index in [1.165, 1.54) is 96.3 Å². The molecular formula is C64H104O6. The van der Waals surface area contributed by atoms with Crippen LogP contribution in [0.1, 0.15) is 245 Å². The first-order chi connectivity index (χ1) is 34.5. The van der Waals surface area contributed by atoms with E-state index >= 15 is 0 Å². The lowest BCUT2D eigenvalue weighted by atomic mass is 10.1. The van der Waals surface area contributed by atoms with Crippen molar-refractivity contribution < 1.29 is 28.6 Å². The van der Waals surface area contributed by atoms with Crippen LogP contribution in [0.2, 0.25) is 0 Å². The van der Waals surface area contributed by atoms with E-state index in [0.717, 1.165) is 96.3 Å². The fourth-order valence-corrected chi connectivity index (χ4v) is 7.41. The smallest absolute Gasteiger partial charge is 0.306 e. The molecule has 6 nitrogen and oxygen atoms in total. The first-order valence-corrected chi connectivity index (χ1v) is 28.5. The third-order valence-electron chi connectivity index (χ3n) is 11.7. The quantitative estimate of drug-likeness (QED) is 0.0262. The highest BCUT2D eigenvalue weighted by molar-refractivity contribution is 5.71. The second kappa shape index (κ2) is 57.4. The van der Waals surface area contributed by atoms with Crippen LogP contribution < -0.4 is 0 Å². The molecule has 0 radical (unpaired) electrons. The monoisotopic (exact) mass is 969 g/mol. The molecule has 0 saturated heterocycles. The lowest BCUT2D eigenvalue weighted by molar-refractivity contribution is -0.167. The Morgan fingerprint density at radius 1 is 0.300 bits per heavy atom. The summed E-state index contributed by atoms with van der Waals surface area (Å²) < 4.78 is 16.7. The molecule has 0 aromatic carbocycles. The summed E-state index contributed by atoms with van der Waals surface area (Å²) in [5.74, 6) is -1.05. The Kier molecular flexibility index (Phi) is 54.0. The number of esters is 3. The maximum Gasteiger partial charge on any atom is 0.306 e. The van der Waals surface area contributed by atoms with Crippen molar-refractivity contribution in [2.45, 2.75) is 252 Å². The van der Waals surface area contributed by atoms with Crippen LogP contribution in [0.4, 0.5) is 0 Å². The molecule has 0 fully saturated rings. The van der Waals surface area contributed by atoms with Gasteiger partial charge in [0.1, 0.15) is 13.2 Å². The Bertz CT molecular complexity index is 1490. The predicted octanol–water partition coefficient (Wildman–Crippen LogP) is 19.3. The van der Waals surface area contributed by atoms with Crippen LogP contribution in [0.25, 0.3) is 0 Å². The zero-order chi connectivity index (χ0) is 50.7. The van der Waals surface area contributed by atoms with Gasteiger partial charge in [-0.3, -0.25) is 14.4 Å². The molecule has 1 atom stereocenters. The van der Waals surface area contributed by atoms with E-state index in [0.29, 0.717) is 19.3 Å². The van der Waals surface area contributed by atoms with Crippen LogP contribution in [0, 0.1) is 0 Å². The number of rotatable bonds is 50. The van der Waals surface area contributed by atoms with E-state index in [-0.39, 0.29) is 44.0 Å². The summed E-state index contributed by atoms with van der Waals surface area (Å²) in [6.07, 6.45) is 79.1. The summed E-state index contributed by atoms with van der Waals surface area (Å²) in [5.41, 5.74) is 0. The van der Waals surface area contributed by atoms with Crippen molar-refractivity contribution in [2.24, 2.45) is 0 Å². The van der Waals surface area contributed by atoms with Gasteiger partial charge in [0.25, 0.3) is 0 Å². The van der Waals surface area contributed by atoms with Crippen molar-refractivity contribution in [3.8, 4) is 0 Å². The van der Waals surface area contributed by atoms with Crippen molar-refractivity contribution in [1.82, 2.24) is 0 Å². The molecule has 6 heteroatoms. The van der Waals surface area contributed by atoms with E-state index in [9.17, 15) is 14.4 Å². The van der Waals surface area contributed by atoms with Crippen molar-refractivity contribution in [3.63, 3.8) is 0 Å². The van der Waals surface area contributed by atoms with Gasteiger partial charge >= 0.3 is 17.9 Å². The average Bonchev–Trinajstić information content (AvgIpc) is 3.36. The molecule has 70 heavy (non-hydrogen) atoms. The number of ether oxygens (including phenoxy) is 3. The lowest BCUT2D eigenvalue weighted by Gasteiger charge is -2.18. The normalized spacial score (nSPS) is 13.0. The summed E-state index contributed by atoms with van der Waals surface area (Å²) >= 11 is 0. The first kappa shape index (κ1) is 65.8. The Morgan fingerprint density at radius 2 is 0.571 bits per heavy atom. The SMILES string of the molecule is CC/C=C\C/C=C\C/C=C\C/C=C\C/C=C\CCCC(=O)OC(COC(=O)CCC/C=C\C/C=C\C/C=C\C/C=C\CCCCC)COC(=O)CCCCCCC/C=C\CCCCCCCCCCC. The maximum atomic E-state index is 12.8. The zero-order valence-electron chi connectivity index (χ0n) is 45.2. The number of carbonyl (C=O) groups is 3. The largest absolute Gasteiger partial charge is 0.462 e. The molecule has 396 valence electrons. The molecule has 0 aromatic heterocycles. The van der Waals surface area contributed by atoms with Gasteiger partial charge in [0.15, 0.2) is 6.10 Å². The Labute approximate surface area is 431 Å². The molecule has 0 aliphatic carbocycles. The van der Waals surface area contributed by atoms with E-state index in [2.05, 4.69) is 142 Å². The molecule has 0 rings (SSSR count). The number of carbonyl (C=O) groups excluding carboxylic acids is 3. The van der Waals surface area contributed by atoms with Crippen LogP contribution in [0.5, 0.6) is 0 Å². The molecule has 0 heterocycles. The standard InChI is InChI=1S/C64H104O6/c1-4-7-10-13-16-19-22-25-28-31-34-36-39-42-45-48-51-54-57-63(66)69-60-61(70-64(67)58-55-52-49-46-43-40-37-33-30-27-24-21-18-15-12-9-6-3)59-68-62(65)56-53-50-47-44-41-38-35-32-29-26-23-20-17-14-11-8-5-2/h9,12,17-18,20-21,26-27,29-30,34-38,40,44,46-47,49,61H,4-8,10-11,13-16,19,22-25,28,31-33,39,41-43,45,48,50-60H2,1-3H3/b12-9-,20-17-,21-18-,29-26-,30-27-,36-34-,38-35-,40-37-,47-44-,49-46-. The number of unbranched alkanes of at least 4 members (excludes halogenated alkanes) is 19. The molecule has 1 unspecified atom stereocenters. The highest BCUT2D eigenvalue weighted by atomic mass is 16.6. The van der Waals surface area contributed by atoms with Crippen LogP contribution in [0.3, 0.4) is 0 Å². The molecule has 0 aromatic rings. The third kappa shape index (κ3) is 54.7. The molecule has 0 saturated carbocycles. The summed E-state index contributed by atoms with van der Waals surface area (Å²) in [7, 11) is 0. The van der Waals surface area contributed by atoms with Gasteiger partial charge in [0.2, 0.25) is 0 Å². The fourth-order valence-electron chi connectivity index (χ4n) is 7.41. The van der Waals surface area contributed by atoms with Gasteiger partial charge in [-0.15, -0.1) is 0 Å². The highest BCUT2D eigenvalue weighted by Crippen LogP contribution is 2.13. The van der Waals surface area contributed by atoms with Gasteiger partial charge in [-0.25, -0.2) is 0 Å². The molecule has 0 aliphatic rings. The molecule has 0 aliphatic heterocycles. The van der Waals surface area contributed by atoms with Crippen LogP contribution in [-0.4, -0.2) is 37.2 Å². The van der Waals surface area contributed by atoms with E-state index in [1.54, 1.807) is 0 Å². The molecular weight excluding hydrogens is 865 g/mol.